The van der Waals surface area contributed by atoms with Crippen LogP contribution in [-0.4, -0.2) is 40.8 Å². The molecule has 0 saturated heterocycles. The number of rotatable bonds is 5. The second kappa shape index (κ2) is 6.23. The summed E-state index contributed by atoms with van der Waals surface area (Å²) in [7, 11) is -0.769. The molecule has 16 heavy (non-hydrogen) atoms. The highest BCUT2D eigenvalue weighted by atomic mass is 32.2. The largest absolute Gasteiger partial charge is 0.357 e. The first-order valence-electron chi connectivity index (χ1n) is 6.00. The van der Waals surface area contributed by atoms with Gasteiger partial charge in [0.05, 0.1) is 11.3 Å². The second-order valence-corrected chi connectivity index (χ2v) is 5.99. The van der Waals surface area contributed by atoms with E-state index in [0.29, 0.717) is 6.54 Å². The van der Waals surface area contributed by atoms with Crippen molar-refractivity contribution >= 4 is 16.8 Å². The summed E-state index contributed by atoms with van der Waals surface area (Å²) in [5.74, 6) is 0.835. The second-order valence-electron chi connectivity index (χ2n) is 4.22. The van der Waals surface area contributed by atoms with Crippen molar-refractivity contribution in [3.63, 3.8) is 0 Å². The van der Waals surface area contributed by atoms with E-state index in [4.69, 9.17) is 0 Å². The van der Waals surface area contributed by atoms with Crippen molar-refractivity contribution in [3.8, 4) is 0 Å². The van der Waals surface area contributed by atoms with Crippen LogP contribution in [0.1, 0.15) is 33.1 Å². The summed E-state index contributed by atoms with van der Waals surface area (Å²) < 4.78 is 11.6. The molecule has 1 saturated carbocycles. The topological polar surface area (TPSA) is 53.5 Å². The fourth-order valence-corrected chi connectivity index (χ4v) is 2.95. The summed E-state index contributed by atoms with van der Waals surface area (Å²) in [6, 6.07) is 0. The Hall–Kier alpha value is -0.580. The summed E-state index contributed by atoms with van der Waals surface area (Å²) in [4.78, 5) is 4.52. The van der Waals surface area contributed by atoms with E-state index < -0.39 is 10.8 Å². The average Bonchev–Trinajstić information content (AvgIpc) is 2.16. The zero-order valence-corrected chi connectivity index (χ0v) is 11.3. The lowest BCUT2D eigenvalue weighted by Crippen LogP contribution is -2.46. The van der Waals surface area contributed by atoms with E-state index in [2.05, 4.69) is 15.6 Å². The molecule has 0 aliphatic heterocycles. The number of guanidine groups is 1. The smallest absolute Gasteiger partial charge is 0.191 e. The van der Waals surface area contributed by atoms with Gasteiger partial charge in [0.1, 0.15) is 0 Å². The summed E-state index contributed by atoms with van der Waals surface area (Å²) in [6.07, 6.45) is 5.08. The molecule has 1 aliphatic rings. The average molecular weight is 245 g/mol. The predicted octanol–water partition coefficient (Wildman–Crippen LogP) is 0.863. The van der Waals surface area contributed by atoms with Crippen LogP contribution in [0, 0.1) is 0 Å². The molecule has 0 radical (unpaired) electrons. The van der Waals surface area contributed by atoms with Crippen LogP contribution in [0.15, 0.2) is 4.99 Å². The Morgan fingerprint density at radius 1 is 1.31 bits per heavy atom. The normalized spacial score (nSPS) is 19.4. The maximum Gasteiger partial charge on any atom is 0.191 e. The van der Waals surface area contributed by atoms with Crippen molar-refractivity contribution < 1.29 is 4.21 Å². The van der Waals surface area contributed by atoms with Crippen LogP contribution in [0.3, 0.4) is 0 Å². The van der Waals surface area contributed by atoms with Gasteiger partial charge in [0.15, 0.2) is 5.96 Å². The minimum absolute atomic E-state index is 0.0455. The van der Waals surface area contributed by atoms with Crippen LogP contribution in [0.2, 0.25) is 0 Å². The molecule has 0 heterocycles. The van der Waals surface area contributed by atoms with Crippen LogP contribution in [0.4, 0.5) is 0 Å². The van der Waals surface area contributed by atoms with E-state index >= 15 is 0 Å². The van der Waals surface area contributed by atoms with Crippen LogP contribution < -0.4 is 10.6 Å². The number of hydrogen-bond donors (Lipinski definition) is 2. The Morgan fingerprint density at radius 2 is 1.88 bits per heavy atom. The Morgan fingerprint density at radius 3 is 2.19 bits per heavy atom. The van der Waals surface area contributed by atoms with Crippen molar-refractivity contribution in [2.24, 2.45) is 4.99 Å². The molecule has 0 aromatic heterocycles. The fourth-order valence-electron chi connectivity index (χ4n) is 1.84. The third kappa shape index (κ3) is 3.20. The van der Waals surface area contributed by atoms with Gasteiger partial charge in [-0.25, -0.2) is 0 Å². The van der Waals surface area contributed by atoms with Gasteiger partial charge in [-0.15, -0.1) is 0 Å². The summed E-state index contributed by atoms with van der Waals surface area (Å²) in [5, 5.41) is 6.37. The number of hydrogen-bond acceptors (Lipinski definition) is 2. The van der Waals surface area contributed by atoms with E-state index in [1.807, 2.05) is 13.8 Å². The van der Waals surface area contributed by atoms with E-state index in [1.165, 1.54) is 6.42 Å². The third-order valence-corrected chi connectivity index (χ3v) is 4.85. The molecule has 5 heteroatoms. The minimum Gasteiger partial charge on any atom is -0.357 e. The molecular formula is C11H23N3OS. The summed E-state index contributed by atoms with van der Waals surface area (Å²) in [5.41, 5.74) is 0. The lowest BCUT2D eigenvalue weighted by atomic mass is 9.84. The molecule has 1 rings (SSSR count). The quantitative estimate of drug-likeness (QED) is 0.558. The SMILES string of the molecule is CCNC(=NCC1(S(C)=O)CCC1)NCC. The Kier molecular flexibility index (Phi) is 5.25. The monoisotopic (exact) mass is 245 g/mol. The predicted molar refractivity (Wildman–Crippen MR) is 70.3 cm³/mol. The van der Waals surface area contributed by atoms with Gasteiger partial charge < -0.3 is 10.6 Å². The van der Waals surface area contributed by atoms with Crippen molar-refractivity contribution in [2.75, 3.05) is 25.9 Å². The van der Waals surface area contributed by atoms with Gasteiger partial charge in [-0.3, -0.25) is 9.20 Å². The number of aliphatic imine (C=N–C) groups is 1. The summed E-state index contributed by atoms with van der Waals surface area (Å²) in [6.45, 7) is 6.47. The first kappa shape index (κ1) is 13.5. The molecule has 0 amide bonds. The first-order chi connectivity index (χ1) is 7.64. The number of nitrogens with one attached hydrogen (secondary N) is 2. The maximum atomic E-state index is 11.7. The van der Waals surface area contributed by atoms with Crippen molar-refractivity contribution in [3.05, 3.63) is 0 Å². The van der Waals surface area contributed by atoms with Crippen LogP contribution >= 0.6 is 0 Å². The van der Waals surface area contributed by atoms with Crippen LogP contribution in [0.5, 0.6) is 0 Å². The van der Waals surface area contributed by atoms with E-state index in [-0.39, 0.29) is 4.75 Å². The molecular weight excluding hydrogens is 222 g/mol. The molecule has 1 aliphatic carbocycles. The molecule has 1 unspecified atom stereocenters. The standard InChI is InChI=1S/C11H23N3OS/c1-4-12-10(13-5-2)14-9-11(16(3)15)7-6-8-11/h4-9H2,1-3H3,(H2,12,13,14). The van der Waals surface area contributed by atoms with Gasteiger partial charge in [-0.05, 0) is 26.7 Å². The lowest BCUT2D eigenvalue weighted by molar-refractivity contribution is 0.360. The Bertz CT molecular complexity index is 266. The van der Waals surface area contributed by atoms with Gasteiger partial charge in [0.2, 0.25) is 0 Å². The molecule has 0 aromatic rings. The number of nitrogens with zero attached hydrogens (tertiary/aromatic N) is 1. The molecule has 1 fully saturated rings. The highest BCUT2D eigenvalue weighted by molar-refractivity contribution is 7.85. The zero-order valence-electron chi connectivity index (χ0n) is 10.5. The van der Waals surface area contributed by atoms with E-state index in [1.54, 1.807) is 6.26 Å². The third-order valence-electron chi connectivity index (χ3n) is 3.09. The first-order valence-corrected chi connectivity index (χ1v) is 7.56. The van der Waals surface area contributed by atoms with Gasteiger partial charge in [-0.2, -0.15) is 0 Å². The van der Waals surface area contributed by atoms with Gasteiger partial charge >= 0.3 is 0 Å². The van der Waals surface area contributed by atoms with Crippen molar-refractivity contribution in [2.45, 2.75) is 37.9 Å². The molecule has 0 spiro atoms. The van der Waals surface area contributed by atoms with E-state index in [9.17, 15) is 4.21 Å². The van der Waals surface area contributed by atoms with Crippen LogP contribution in [0.25, 0.3) is 0 Å². The molecule has 0 aromatic carbocycles. The Labute approximate surface area is 101 Å². The van der Waals surface area contributed by atoms with Gasteiger partial charge in [-0.1, -0.05) is 6.42 Å². The van der Waals surface area contributed by atoms with E-state index in [0.717, 1.165) is 31.9 Å². The molecule has 0 bridgehead atoms. The molecule has 4 nitrogen and oxygen atoms in total. The highest BCUT2D eigenvalue weighted by Gasteiger charge is 2.40. The van der Waals surface area contributed by atoms with Crippen LogP contribution in [-0.2, 0) is 10.8 Å². The minimum atomic E-state index is -0.769. The van der Waals surface area contributed by atoms with Gasteiger partial charge in [0, 0.05) is 30.1 Å². The fraction of sp³-hybridized carbons (Fsp3) is 0.909. The summed E-state index contributed by atoms with van der Waals surface area (Å²) >= 11 is 0. The highest BCUT2D eigenvalue weighted by Crippen LogP contribution is 2.37. The molecule has 94 valence electrons. The molecule has 1 atom stereocenters. The maximum absolute atomic E-state index is 11.7. The molecule has 2 N–H and O–H groups in total. The lowest BCUT2D eigenvalue weighted by Gasteiger charge is -2.38. The Balaban J connectivity index is 2.56. The van der Waals surface area contributed by atoms with Gasteiger partial charge in [0.25, 0.3) is 0 Å². The van der Waals surface area contributed by atoms with Crippen molar-refractivity contribution in [1.29, 1.82) is 0 Å². The van der Waals surface area contributed by atoms with Crippen molar-refractivity contribution in [1.82, 2.24) is 10.6 Å². The zero-order chi connectivity index (χ0) is 12.0.